The van der Waals surface area contributed by atoms with Crippen molar-refractivity contribution in [2.24, 2.45) is 0 Å². The second kappa shape index (κ2) is 5.73. The first-order valence-electron chi connectivity index (χ1n) is 6.85. The Labute approximate surface area is 126 Å². The molecular weight excluding hydrogens is 288 g/mol. The molecule has 6 heteroatoms. The van der Waals surface area contributed by atoms with Crippen molar-refractivity contribution in [3.8, 4) is 5.75 Å². The molecule has 0 saturated carbocycles. The quantitative estimate of drug-likeness (QED) is 0.680. The summed E-state index contributed by atoms with van der Waals surface area (Å²) in [5, 5.41) is 16.7. The summed E-state index contributed by atoms with van der Waals surface area (Å²) in [6, 6.07) is 7.36. The predicted octanol–water partition coefficient (Wildman–Crippen LogP) is 4.15. The highest BCUT2D eigenvalue weighted by Crippen LogP contribution is 2.40. The number of fused-ring (bicyclic) bond motifs is 1. The van der Waals surface area contributed by atoms with Crippen molar-refractivity contribution in [1.29, 1.82) is 0 Å². The Kier molecular flexibility index (Phi) is 3.79. The summed E-state index contributed by atoms with van der Waals surface area (Å²) >= 11 is 1.76. The van der Waals surface area contributed by atoms with Gasteiger partial charge < -0.3 is 10.1 Å². The third-order valence-electron chi connectivity index (χ3n) is 3.78. The molecule has 0 amide bonds. The van der Waals surface area contributed by atoms with Crippen LogP contribution in [0.3, 0.4) is 0 Å². The van der Waals surface area contributed by atoms with Gasteiger partial charge in [0, 0.05) is 4.88 Å². The number of thiophene rings is 1. The van der Waals surface area contributed by atoms with Gasteiger partial charge in [-0.3, -0.25) is 10.1 Å². The van der Waals surface area contributed by atoms with E-state index in [1.165, 1.54) is 17.6 Å². The van der Waals surface area contributed by atoms with E-state index >= 15 is 0 Å². The number of ether oxygens (including phenoxy) is 1. The highest BCUT2D eigenvalue weighted by Gasteiger charge is 2.26. The molecule has 0 radical (unpaired) electrons. The van der Waals surface area contributed by atoms with Crippen molar-refractivity contribution in [3.63, 3.8) is 0 Å². The highest BCUT2D eigenvalue weighted by molar-refractivity contribution is 7.10. The Bertz CT molecular complexity index is 669. The molecule has 0 aliphatic heterocycles. The molecule has 0 bridgehead atoms. The third-order valence-corrected chi connectivity index (χ3v) is 4.78. The Hall–Kier alpha value is -2.08. The maximum Gasteiger partial charge on any atom is 0.333 e. The first-order chi connectivity index (χ1) is 10.2. The summed E-state index contributed by atoms with van der Waals surface area (Å²) in [5.41, 5.74) is 1.79. The number of anilines is 1. The third kappa shape index (κ3) is 2.58. The Morgan fingerprint density at radius 3 is 3.05 bits per heavy atom. The molecule has 1 aliphatic rings. The van der Waals surface area contributed by atoms with Gasteiger partial charge in [-0.1, -0.05) is 6.07 Å². The number of nitrogens with one attached hydrogen (secondary N) is 1. The monoisotopic (exact) mass is 304 g/mol. The Morgan fingerprint density at radius 2 is 2.29 bits per heavy atom. The van der Waals surface area contributed by atoms with Crippen molar-refractivity contribution in [3.05, 3.63) is 50.2 Å². The highest BCUT2D eigenvalue weighted by atomic mass is 32.1. The molecular formula is C15H16N2O3S. The molecule has 1 atom stereocenters. The number of nitrogens with zero attached hydrogens (tertiary/aromatic N) is 1. The fraction of sp³-hybridized carbons (Fsp3) is 0.333. The zero-order valence-electron chi connectivity index (χ0n) is 11.7. The van der Waals surface area contributed by atoms with Gasteiger partial charge in [-0.25, -0.2) is 0 Å². The van der Waals surface area contributed by atoms with E-state index in [1.54, 1.807) is 29.5 Å². The van der Waals surface area contributed by atoms with E-state index in [9.17, 15) is 10.1 Å². The second-order valence-corrected chi connectivity index (χ2v) is 6.00. The van der Waals surface area contributed by atoms with Crippen LogP contribution in [0.2, 0.25) is 0 Å². The van der Waals surface area contributed by atoms with Crippen LogP contribution in [-0.2, 0) is 6.42 Å². The number of hydrogen-bond acceptors (Lipinski definition) is 5. The molecule has 1 aromatic heterocycles. The van der Waals surface area contributed by atoms with Gasteiger partial charge in [0.05, 0.1) is 18.1 Å². The Morgan fingerprint density at radius 1 is 1.43 bits per heavy atom. The van der Waals surface area contributed by atoms with Gasteiger partial charge in [0.15, 0.2) is 5.75 Å². The number of rotatable bonds is 4. The lowest BCUT2D eigenvalue weighted by Crippen LogP contribution is -2.16. The smallest absolute Gasteiger partial charge is 0.333 e. The maximum atomic E-state index is 11.3. The van der Waals surface area contributed by atoms with E-state index < -0.39 is 4.92 Å². The average molecular weight is 304 g/mol. The average Bonchev–Trinajstić information content (AvgIpc) is 2.96. The lowest BCUT2D eigenvalue weighted by atomic mass is 9.94. The normalized spacial score (nSPS) is 17.1. The van der Waals surface area contributed by atoms with Crippen LogP contribution in [0.1, 0.15) is 29.3 Å². The molecule has 0 fully saturated rings. The van der Waals surface area contributed by atoms with E-state index in [0.717, 1.165) is 19.3 Å². The molecule has 5 nitrogen and oxygen atoms in total. The molecule has 1 heterocycles. The van der Waals surface area contributed by atoms with Crippen LogP contribution in [0.25, 0.3) is 0 Å². The van der Waals surface area contributed by atoms with E-state index in [2.05, 4.69) is 16.8 Å². The topological polar surface area (TPSA) is 64.4 Å². The standard InChI is InChI=1S/C15H16N2O3S/c1-20-13-6-2-5-12(15(13)17(18)19)16-11-4-3-7-14-10(11)8-9-21-14/h2,5-6,8-9,11,16H,3-4,7H2,1H3. The van der Waals surface area contributed by atoms with Gasteiger partial charge in [-0.2, -0.15) is 0 Å². The van der Waals surface area contributed by atoms with Crippen LogP contribution in [0, 0.1) is 10.1 Å². The van der Waals surface area contributed by atoms with Crippen LogP contribution in [0.4, 0.5) is 11.4 Å². The van der Waals surface area contributed by atoms with E-state index in [1.807, 2.05) is 0 Å². The van der Waals surface area contributed by atoms with Crippen molar-refractivity contribution in [2.45, 2.75) is 25.3 Å². The van der Waals surface area contributed by atoms with Gasteiger partial charge in [0.25, 0.3) is 0 Å². The van der Waals surface area contributed by atoms with Gasteiger partial charge in [0.2, 0.25) is 0 Å². The van der Waals surface area contributed by atoms with Crippen LogP contribution in [-0.4, -0.2) is 12.0 Å². The molecule has 1 aliphatic carbocycles. The van der Waals surface area contributed by atoms with Crippen molar-refractivity contribution < 1.29 is 9.66 Å². The molecule has 110 valence electrons. The minimum Gasteiger partial charge on any atom is -0.490 e. The van der Waals surface area contributed by atoms with Crippen LogP contribution in [0.5, 0.6) is 5.75 Å². The number of benzene rings is 1. The minimum atomic E-state index is -0.390. The van der Waals surface area contributed by atoms with E-state index in [4.69, 9.17) is 4.74 Å². The van der Waals surface area contributed by atoms with Gasteiger partial charge >= 0.3 is 5.69 Å². The first-order valence-corrected chi connectivity index (χ1v) is 7.73. The molecule has 1 aromatic carbocycles. The fourth-order valence-electron chi connectivity index (χ4n) is 2.82. The largest absolute Gasteiger partial charge is 0.490 e. The van der Waals surface area contributed by atoms with Gasteiger partial charge in [-0.05, 0) is 48.4 Å². The van der Waals surface area contributed by atoms with Crippen molar-refractivity contribution >= 4 is 22.7 Å². The summed E-state index contributed by atoms with van der Waals surface area (Å²) in [6.07, 6.45) is 3.19. The molecule has 3 rings (SSSR count). The number of nitro benzene ring substituents is 1. The van der Waals surface area contributed by atoms with Gasteiger partial charge in [-0.15, -0.1) is 11.3 Å². The summed E-state index contributed by atoms with van der Waals surface area (Å²) in [5.74, 6) is 0.284. The van der Waals surface area contributed by atoms with Crippen molar-refractivity contribution in [2.75, 3.05) is 12.4 Å². The zero-order valence-corrected chi connectivity index (χ0v) is 12.5. The summed E-state index contributed by atoms with van der Waals surface area (Å²) in [6.45, 7) is 0. The van der Waals surface area contributed by atoms with Gasteiger partial charge in [0.1, 0.15) is 5.69 Å². The number of para-hydroxylation sites is 1. The number of hydrogen-bond donors (Lipinski definition) is 1. The predicted molar refractivity (Wildman–Crippen MR) is 83.3 cm³/mol. The lowest BCUT2D eigenvalue weighted by Gasteiger charge is -2.24. The lowest BCUT2D eigenvalue weighted by molar-refractivity contribution is -0.384. The van der Waals surface area contributed by atoms with E-state index in [-0.39, 0.29) is 17.5 Å². The number of nitro groups is 1. The molecule has 2 aromatic rings. The van der Waals surface area contributed by atoms with Crippen LogP contribution >= 0.6 is 11.3 Å². The van der Waals surface area contributed by atoms with E-state index in [0.29, 0.717) is 5.69 Å². The minimum absolute atomic E-state index is 0.00218. The molecule has 0 saturated heterocycles. The molecule has 21 heavy (non-hydrogen) atoms. The zero-order chi connectivity index (χ0) is 14.8. The van der Waals surface area contributed by atoms with Crippen LogP contribution in [0.15, 0.2) is 29.6 Å². The van der Waals surface area contributed by atoms with Crippen molar-refractivity contribution in [1.82, 2.24) is 0 Å². The number of aryl methyl sites for hydroxylation is 1. The Balaban J connectivity index is 1.95. The summed E-state index contributed by atoms with van der Waals surface area (Å²) in [7, 11) is 1.45. The summed E-state index contributed by atoms with van der Waals surface area (Å²) in [4.78, 5) is 12.3. The SMILES string of the molecule is COc1cccc(NC2CCCc3sccc32)c1[N+](=O)[O-]. The molecule has 1 unspecified atom stereocenters. The molecule has 1 N–H and O–H groups in total. The summed E-state index contributed by atoms with van der Waals surface area (Å²) < 4.78 is 5.11. The fourth-order valence-corrected chi connectivity index (χ4v) is 3.80. The maximum absolute atomic E-state index is 11.3. The number of methoxy groups -OCH3 is 1. The second-order valence-electron chi connectivity index (χ2n) is 5.00. The first kappa shape index (κ1) is 13.9. The van der Waals surface area contributed by atoms with Crippen LogP contribution < -0.4 is 10.1 Å². The molecule has 0 spiro atoms.